The summed E-state index contributed by atoms with van der Waals surface area (Å²) in [6, 6.07) is 13.1. The molecule has 0 heterocycles. The number of aliphatic hydroxyl groups is 1. The molecule has 2 aromatic carbocycles. The molecule has 0 radical (unpaired) electrons. The fourth-order valence-electron chi connectivity index (χ4n) is 1.86. The zero-order valence-corrected chi connectivity index (χ0v) is 11.9. The molecule has 100 valence electrons. The molecule has 1 unspecified atom stereocenters. The number of halogens is 1. The van der Waals surface area contributed by atoms with Crippen LogP contribution in [0.15, 0.2) is 47.4 Å². The van der Waals surface area contributed by atoms with E-state index in [1.807, 2.05) is 25.1 Å². The molecule has 0 saturated carbocycles. The normalized spacial score (nSPS) is 12.4. The highest BCUT2D eigenvalue weighted by Crippen LogP contribution is 2.27. The second kappa shape index (κ2) is 6.22. The summed E-state index contributed by atoms with van der Waals surface area (Å²) in [7, 11) is 0. The number of aliphatic hydroxyl groups excluding tert-OH is 1. The van der Waals surface area contributed by atoms with Gasteiger partial charge in [-0.3, -0.25) is 0 Å². The lowest BCUT2D eigenvalue weighted by Crippen LogP contribution is -1.93. The standard InChI is InChI=1S/C16H17FOS/c1-11-4-3-5-13(8-11)10-19-16-7-6-14(12(2)18)9-15(16)17/h3-9,12,18H,10H2,1-2H3. The summed E-state index contributed by atoms with van der Waals surface area (Å²) in [6.45, 7) is 3.68. The van der Waals surface area contributed by atoms with E-state index in [2.05, 4.69) is 6.07 Å². The van der Waals surface area contributed by atoms with Gasteiger partial charge in [0.15, 0.2) is 0 Å². The van der Waals surface area contributed by atoms with Crippen LogP contribution >= 0.6 is 11.8 Å². The predicted molar refractivity (Wildman–Crippen MR) is 77.8 cm³/mol. The highest BCUT2D eigenvalue weighted by molar-refractivity contribution is 7.98. The number of aryl methyl sites for hydroxylation is 1. The topological polar surface area (TPSA) is 20.2 Å². The Morgan fingerprint density at radius 3 is 2.63 bits per heavy atom. The molecule has 2 rings (SSSR count). The van der Waals surface area contributed by atoms with E-state index >= 15 is 0 Å². The molecule has 1 nitrogen and oxygen atoms in total. The Bertz CT molecular complexity index is 566. The third-order valence-corrected chi connectivity index (χ3v) is 4.03. The van der Waals surface area contributed by atoms with Gasteiger partial charge in [-0.15, -0.1) is 11.8 Å². The third kappa shape index (κ3) is 3.82. The second-order valence-corrected chi connectivity index (χ2v) is 5.66. The van der Waals surface area contributed by atoms with Crippen molar-refractivity contribution in [3.8, 4) is 0 Å². The minimum absolute atomic E-state index is 0.268. The lowest BCUT2D eigenvalue weighted by atomic mass is 10.1. The maximum Gasteiger partial charge on any atom is 0.137 e. The van der Waals surface area contributed by atoms with Gasteiger partial charge in [-0.1, -0.05) is 35.9 Å². The number of rotatable bonds is 4. The fraction of sp³-hybridized carbons (Fsp3) is 0.250. The molecule has 19 heavy (non-hydrogen) atoms. The van der Waals surface area contributed by atoms with E-state index in [4.69, 9.17) is 0 Å². The van der Waals surface area contributed by atoms with Crippen molar-refractivity contribution in [2.45, 2.75) is 30.6 Å². The van der Waals surface area contributed by atoms with Gasteiger partial charge >= 0.3 is 0 Å². The zero-order valence-electron chi connectivity index (χ0n) is 11.1. The van der Waals surface area contributed by atoms with Gasteiger partial charge in [0.05, 0.1) is 6.10 Å². The van der Waals surface area contributed by atoms with Crippen molar-refractivity contribution in [1.82, 2.24) is 0 Å². The van der Waals surface area contributed by atoms with Crippen molar-refractivity contribution in [3.63, 3.8) is 0 Å². The van der Waals surface area contributed by atoms with Crippen LogP contribution in [0.1, 0.15) is 29.7 Å². The van der Waals surface area contributed by atoms with Crippen LogP contribution in [0, 0.1) is 12.7 Å². The molecule has 0 aliphatic carbocycles. The van der Waals surface area contributed by atoms with Gasteiger partial charge < -0.3 is 5.11 Å². The molecular weight excluding hydrogens is 259 g/mol. The van der Waals surface area contributed by atoms with Gasteiger partial charge in [0, 0.05) is 10.6 Å². The van der Waals surface area contributed by atoms with E-state index < -0.39 is 6.10 Å². The van der Waals surface area contributed by atoms with E-state index in [1.54, 1.807) is 19.1 Å². The van der Waals surface area contributed by atoms with Crippen molar-refractivity contribution < 1.29 is 9.50 Å². The van der Waals surface area contributed by atoms with E-state index in [0.29, 0.717) is 10.5 Å². The molecule has 3 heteroatoms. The second-order valence-electron chi connectivity index (χ2n) is 4.64. The van der Waals surface area contributed by atoms with Crippen molar-refractivity contribution in [2.24, 2.45) is 0 Å². The van der Waals surface area contributed by atoms with Crippen LogP contribution in [0.4, 0.5) is 4.39 Å². The molecule has 0 bridgehead atoms. The highest BCUT2D eigenvalue weighted by Gasteiger charge is 2.07. The summed E-state index contributed by atoms with van der Waals surface area (Å²) in [5.74, 6) is 0.475. The summed E-state index contributed by atoms with van der Waals surface area (Å²) in [5.41, 5.74) is 3.00. The Balaban J connectivity index is 2.07. The molecule has 0 fully saturated rings. The molecule has 0 aliphatic rings. The van der Waals surface area contributed by atoms with E-state index in [9.17, 15) is 9.50 Å². The Morgan fingerprint density at radius 2 is 2.00 bits per heavy atom. The summed E-state index contributed by atoms with van der Waals surface area (Å²) < 4.78 is 13.9. The zero-order chi connectivity index (χ0) is 13.8. The molecular formula is C16H17FOS. The molecule has 0 aromatic heterocycles. The molecule has 0 aliphatic heterocycles. The Labute approximate surface area is 117 Å². The summed E-state index contributed by atoms with van der Waals surface area (Å²) >= 11 is 1.47. The minimum Gasteiger partial charge on any atom is -0.389 e. The summed E-state index contributed by atoms with van der Waals surface area (Å²) in [6.07, 6.45) is -0.634. The first-order valence-corrected chi connectivity index (χ1v) is 7.20. The van der Waals surface area contributed by atoms with E-state index in [0.717, 1.165) is 5.75 Å². The first-order chi connectivity index (χ1) is 9.06. The van der Waals surface area contributed by atoms with E-state index in [-0.39, 0.29) is 5.82 Å². The Kier molecular flexibility index (Phi) is 4.61. The van der Waals surface area contributed by atoms with Gasteiger partial charge in [-0.2, -0.15) is 0 Å². The monoisotopic (exact) mass is 276 g/mol. The molecule has 1 atom stereocenters. The van der Waals surface area contributed by atoms with Gasteiger partial charge in [0.25, 0.3) is 0 Å². The van der Waals surface area contributed by atoms with Crippen molar-refractivity contribution >= 4 is 11.8 Å². The lowest BCUT2D eigenvalue weighted by molar-refractivity contribution is 0.198. The van der Waals surface area contributed by atoms with Gasteiger partial charge in [-0.05, 0) is 37.1 Å². The summed E-state index contributed by atoms with van der Waals surface area (Å²) in [5, 5.41) is 9.40. The van der Waals surface area contributed by atoms with Gasteiger partial charge in [-0.25, -0.2) is 4.39 Å². The van der Waals surface area contributed by atoms with Crippen LogP contribution in [-0.4, -0.2) is 5.11 Å². The Hall–Kier alpha value is -1.32. The van der Waals surface area contributed by atoms with Crippen molar-refractivity contribution in [1.29, 1.82) is 0 Å². The summed E-state index contributed by atoms with van der Waals surface area (Å²) in [4.78, 5) is 0.617. The molecule has 0 spiro atoms. The number of thioether (sulfide) groups is 1. The van der Waals surface area contributed by atoms with Crippen LogP contribution < -0.4 is 0 Å². The smallest absolute Gasteiger partial charge is 0.137 e. The Morgan fingerprint density at radius 1 is 1.21 bits per heavy atom. The van der Waals surface area contributed by atoms with Crippen molar-refractivity contribution in [3.05, 3.63) is 65.0 Å². The number of hydrogen-bond acceptors (Lipinski definition) is 2. The molecule has 0 saturated heterocycles. The largest absolute Gasteiger partial charge is 0.389 e. The first-order valence-electron chi connectivity index (χ1n) is 6.22. The fourth-order valence-corrected chi connectivity index (χ4v) is 2.72. The molecule has 0 amide bonds. The SMILES string of the molecule is Cc1cccc(CSc2ccc(C(C)O)cc2F)c1. The molecule has 2 aromatic rings. The van der Waals surface area contributed by atoms with Crippen LogP contribution in [0.3, 0.4) is 0 Å². The number of benzene rings is 2. The average Bonchev–Trinajstić information content (AvgIpc) is 2.37. The minimum atomic E-state index is -0.634. The first kappa shape index (κ1) is 14.1. The van der Waals surface area contributed by atoms with Gasteiger partial charge in [0.1, 0.15) is 5.82 Å². The van der Waals surface area contributed by atoms with Gasteiger partial charge in [0.2, 0.25) is 0 Å². The average molecular weight is 276 g/mol. The van der Waals surface area contributed by atoms with Crippen LogP contribution in [0.5, 0.6) is 0 Å². The quantitative estimate of drug-likeness (QED) is 0.831. The lowest BCUT2D eigenvalue weighted by Gasteiger charge is -2.08. The highest BCUT2D eigenvalue weighted by atomic mass is 32.2. The van der Waals surface area contributed by atoms with Crippen molar-refractivity contribution in [2.75, 3.05) is 0 Å². The third-order valence-electron chi connectivity index (χ3n) is 2.92. The molecule has 1 N–H and O–H groups in total. The predicted octanol–water partition coefficient (Wildman–Crippen LogP) is 4.48. The maximum atomic E-state index is 13.9. The number of hydrogen-bond donors (Lipinski definition) is 1. The van der Waals surface area contributed by atoms with Crippen LogP contribution in [0.25, 0.3) is 0 Å². The van der Waals surface area contributed by atoms with Crippen LogP contribution in [-0.2, 0) is 5.75 Å². The van der Waals surface area contributed by atoms with Crippen LogP contribution in [0.2, 0.25) is 0 Å². The van der Waals surface area contributed by atoms with E-state index in [1.165, 1.54) is 29.0 Å². The maximum absolute atomic E-state index is 13.9.